The summed E-state index contributed by atoms with van der Waals surface area (Å²) in [5.74, 6) is -0.439. The Bertz CT molecular complexity index is 300. The van der Waals surface area contributed by atoms with Crippen molar-refractivity contribution >= 4 is 6.09 Å². The van der Waals surface area contributed by atoms with E-state index in [-0.39, 0.29) is 0 Å². The normalized spacial score (nSPS) is 12.2. The number of nitrogens with one attached hydrogen (secondary N) is 1. The lowest BCUT2D eigenvalue weighted by Crippen LogP contribution is -2.25. The highest BCUT2D eigenvalue weighted by molar-refractivity contribution is 5.64. The van der Waals surface area contributed by atoms with Gasteiger partial charge in [-0.05, 0) is 19.1 Å². The van der Waals surface area contributed by atoms with Crippen LogP contribution in [0.3, 0.4) is 0 Å². The van der Waals surface area contributed by atoms with Crippen molar-refractivity contribution in [2.45, 2.75) is 13.0 Å². The minimum absolute atomic E-state index is 0.432. The first-order valence-electron chi connectivity index (χ1n) is 3.70. The minimum Gasteiger partial charge on any atom is -0.465 e. The second kappa shape index (κ2) is 3.84. The summed E-state index contributed by atoms with van der Waals surface area (Å²) in [6, 6.07) is 2.25. The van der Waals surface area contributed by atoms with Crippen molar-refractivity contribution in [1.82, 2.24) is 10.3 Å². The van der Waals surface area contributed by atoms with Gasteiger partial charge in [0.05, 0.1) is 17.9 Å². The summed E-state index contributed by atoms with van der Waals surface area (Å²) in [6.07, 6.45) is -0.0753. The first-order chi connectivity index (χ1) is 6.09. The predicted octanol–water partition coefficient (Wildman–Crippen LogP) is 1.55. The maximum absolute atomic E-state index is 12.4. The molecule has 0 aromatic carbocycles. The smallest absolute Gasteiger partial charge is 0.405 e. The van der Waals surface area contributed by atoms with E-state index < -0.39 is 18.0 Å². The monoisotopic (exact) mass is 184 g/mol. The highest BCUT2D eigenvalue weighted by Gasteiger charge is 2.08. The summed E-state index contributed by atoms with van der Waals surface area (Å²) >= 11 is 0. The van der Waals surface area contributed by atoms with Crippen LogP contribution in [0.1, 0.15) is 18.7 Å². The maximum atomic E-state index is 12.4. The SMILES string of the molecule is C[C@H](NC(=O)O)c1ccc(F)cn1. The molecule has 0 aliphatic rings. The third-order valence-corrected chi connectivity index (χ3v) is 1.53. The molecule has 0 saturated heterocycles. The van der Waals surface area contributed by atoms with Gasteiger partial charge in [-0.2, -0.15) is 0 Å². The van der Waals surface area contributed by atoms with Gasteiger partial charge in [0.2, 0.25) is 0 Å². The van der Waals surface area contributed by atoms with Gasteiger partial charge < -0.3 is 10.4 Å². The van der Waals surface area contributed by atoms with Crippen LogP contribution in [-0.4, -0.2) is 16.2 Å². The van der Waals surface area contributed by atoms with Crippen LogP contribution < -0.4 is 5.32 Å². The molecular weight excluding hydrogens is 175 g/mol. The predicted molar refractivity (Wildman–Crippen MR) is 43.8 cm³/mol. The van der Waals surface area contributed by atoms with Crippen LogP contribution in [0.5, 0.6) is 0 Å². The van der Waals surface area contributed by atoms with Crippen molar-refractivity contribution in [2.24, 2.45) is 0 Å². The Kier molecular flexibility index (Phi) is 2.79. The van der Waals surface area contributed by atoms with Gasteiger partial charge in [0.15, 0.2) is 0 Å². The number of hydrogen-bond acceptors (Lipinski definition) is 2. The Labute approximate surface area is 74.4 Å². The van der Waals surface area contributed by atoms with Gasteiger partial charge in [-0.3, -0.25) is 4.98 Å². The van der Waals surface area contributed by atoms with E-state index in [1.165, 1.54) is 12.1 Å². The molecule has 0 spiro atoms. The van der Waals surface area contributed by atoms with Gasteiger partial charge in [0.1, 0.15) is 5.82 Å². The quantitative estimate of drug-likeness (QED) is 0.732. The molecule has 1 aromatic heterocycles. The van der Waals surface area contributed by atoms with Gasteiger partial charge >= 0.3 is 6.09 Å². The summed E-state index contributed by atoms with van der Waals surface area (Å²) in [5.41, 5.74) is 0.490. The second-order valence-corrected chi connectivity index (χ2v) is 2.57. The molecule has 1 amide bonds. The van der Waals surface area contributed by atoms with Crippen LogP contribution in [0.15, 0.2) is 18.3 Å². The van der Waals surface area contributed by atoms with E-state index in [0.717, 1.165) is 6.20 Å². The van der Waals surface area contributed by atoms with Gasteiger partial charge in [-0.25, -0.2) is 9.18 Å². The average molecular weight is 184 g/mol. The number of carboxylic acid groups (broad SMARTS) is 1. The number of rotatable bonds is 2. The number of aromatic nitrogens is 1. The van der Waals surface area contributed by atoms with E-state index in [0.29, 0.717) is 5.69 Å². The van der Waals surface area contributed by atoms with Crippen molar-refractivity contribution in [3.63, 3.8) is 0 Å². The van der Waals surface area contributed by atoms with Crippen molar-refractivity contribution in [2.75, 3.05) is 0 Å². The summed E-state index contributed by atoms with van der Waals surface area (Å²) in [7, 11) is 0. The topological polar surface area (TPSA) is 62.2 Å². The molecular formula is C8H9FN2O2. The molecule has 0 fully saturated rings. The third kappa shape index (κ3) is 2.70. The molecule has 1 heterocycles. The van der Waals surface area contributed by atoms with E-state index in [4.69, 9.17) is 5.11 Å². The molecule has 13 heavy (non-hydrogen) atoms. The summed E-state index contributed by atoms with van der Waals surface area (Å²) in [5, 5.41) is 10.6. The zero-order valence-electron chi connectivity index (χ0n) is 6.99. The van der Waals surface area contributed by atoms with Crippen molar-refractivity contribution in [3.05, 3.63) is 29.8 Å². The Morgan fingerprint density at radius 2 is 2.38 bits per heavy atom. The molecule has 1 aromatic rings. The van der Waals surface area contributed by atoms with Crippen molar-refractivity contribution < 1.29 is 14.3 Å². The zero-order chi connectivity index (χ0) is 9.84. The van der Waals surface area contributed by atoms with E-state index in [2.05, 4.69) is 10.3 Å². The van der Waals surface area contributed by atoms with Crippen LogP contribution in [0.2, 0.25) is 0 Å². The molecule has 70 valence electrons. The fourth-order valence-electron chi connectivity index (χ4n) is 0.903. The highest BCUT2D eigenvalue weighted by atomic mass is 19.1. The lowest BCUT2D eigenvalue weighted by molar-refractivity contribution is 0.190. The Morgan fingerprint density at radius 3 is 2.85 bits per heavy atom. The highest BCUT2D eigenvalue weighted by Crippen LogP contribution is 2.08. The number of pyridine rings is 1. The second-order valence-electron chi connectivity index (χ2n) is 2.57. The van der Waals surface area contributed by atoms with Gasteiger partial charge in [0, 0.05) is 0 Å². The first kappa shape index (κ1) is 9.44. The zero-order valence-corrected chi connectivity index (χ0v) is 6.99. The van der Waals surface area contributed by atoms with Gasteiger partial charge in [0.25, 0.3) is 0 Å². The van der Waals surface area contributed by atoms with Crippen LogP contribution in [0, 0.1) is 5.82 Å². The Hall–Kier alpha value is -1.65. The number of nitrogens with zero attached hydrogens (tertiary/aromatic N) is 1. The van der Waals surface area contributed by atoms with Crippen molar-refractivity contribution in [3.8, 4) is 0 Å². The van der Waals surface area contributed by atoms with E-state index in [9.17, 15) is 9.18 Å². The van der Waals surface area contributed by atoms with Gasteiger partial charge in [-0.1, -0.05) is 0 Å². The lowest BCUT2D eigenvalue weighted by atomic mass is 10.2. The summed E-state index contributed by atoms with van der Waals surface area (Å²) in [6.45, 7) is 1.63. The number of amides is 1. The minimum atomic E-state index is -1.13. The molecule has 1 atom stereocenters. The number of carbonyl (C=O) groups is 1. The van der Waals surface area contributed by atoms with E-state index >= 15 is 0 Å². The summed E-state index contributed by atoms with van der Waals surface area (Å²) in [4.78, 5) is 14.0. The van der Waals surface area contributed by atoms with E-state index in [1.54, 1.807) is 6.92 Å². The first-order valence-corrected chi connectivity index (χ1v) is 3.70. The molecule has 0 unspecified atom stereocenters. The fraction of sp³-hybridized carbons (Fsp3) is 0.250. The molecule has 0 bridgehead atoms. The molecule has 0 aliphatic heterocycles. The molecule has 0 aliphatic carbocycles. The summed E-state index contributed by atoms with van der Waals surface area (Å²) < 4.78 is 12.4. The lowest BCUT2D eigenvalue weighted by Gasteiger charge is -2.09. The Balaban J connectivity index is 2.71. The molecule has 2 N–H and O–H groups in total. The fourth-order valence-corrected chi connectivity index (χ4v) is 0.903. The molecule has 1 rings (SSSR count). The van der Waals surface area contributed by atoms with Gasteiger partial charge in [-0.15, -0.1) is 0 Å². The largest absolute Gasteiger partial charge is 0.465 e. The van der Waals surface area contributed by atoms with Crippen LogP contribution in [0.25, 0.3) is 0 Å². The van der Waals surface area contributed by atoms with Crippen molar-refractivity contribution in [1.29, 1.82) is 0 Å². The van der Waals surface area contributed by atoms with Crippen LogP contribution in [-0.2, 0) is 0 Å². The number of halogens is 1. The van der Waals surface area contributed by atoms with E-state index in [1.807, 2.05) is 0 Å². The maximum Gasteiger partial charge on any atom is 0.405 e. The average Bonchev–Trinajstić information content (AvgIpc) is 2.04. The molecule has 4 nitrogen and oxygen atoms in total. The Morgan fingerprint density at radius 1 is 1.69 bits per heavy atom. The molecule has 0 radical (unpaired) electrons. The number of hydrogen-bond donors (Lipinski definition) is 2. The molecule has 0 saturated carbocycles. The third-order valence-electron chi connectivity index (χ3n) is 1.53. The molecule has 5 heteroatoms. The van der Waals surface area contributed by atoms with Crippen LogP contribution >= 0.6 is 0 Å². The van der Waals surface area contributed by atoms with Crippen LogP contribution in [0.4, 0.5) is 9.18 Å². The standard InChI is InChI=1S/C8H9FN2O2/c1-5(11-8(12)13)7-3-2-6(9)4-10-7/h2-5,11H,1H3,(H,12,13)/t5-/m0/s1.